The van der Waals surface area contributed by atoms with Gasteiger partial charge in [-0.1, -0.05) is 24.6 Å². The first-order valence-corrected chi connectivity index (χ1v) is 24.1. The summed E-state index contributed by atoms with van der Waals surface area (Å²) in [4.78, 5) is 33.9. The summed E-state index contributed by atoms with van der Waals surface area (Å²) in [7, 11) is -6.04. The van der Waals surface area contributed by atoms with Gasteiger partial charge in [-0.05, 0) is 93.4 Å². The van der Waals surface area contributed by atoms with Gasteiger partial charge in [0.25, 0.3) is 0 Å². The van der Waals surface area contributed by atoms with Gasteiger partial charge in [-0.3, -0.25) is 4.79 Å². The van der Waals surface area contributed by atoms with Gasteiger partial charge in [0.2, 0.25) is 15.9 Å². The van der Waals surface area contributed by atoms with E-state index in [1.54, 1.807) is 18.3 Å². The Hall–Kier alpha value is -4.39. The van der Waals surface area contributed by atoms with Crippen LogP contribution in [0.5, 0.6) is 0 Å². The Kier molecular flexibility index (Phi) is 13.3. The van der Waals surface area contributed by atoms with Crippen molar-refractivity contribution in [3.05, 3.63) is 89.9 Å². The molecule has 4 fully saturated rings. The smallest absolute Gasteiger partial charge is 0.407 e. The molecule has 1 unspecified atom stereocenters. The van der Waals surface area contributed by atoms with E-state index >= 15 is 8.78 Å². The summed E-state index contributed by atoms with van der Waals surface area (Å²) in [6, 6.07) is 10.7. The predicted molar refractivity (Wildman–Crippen MR) is 222 cm³/mol. The molecule has 0 spiro atoms. The third-order valence-electron chi connectivity index (χ3n) is 12.9. The molecular formula is C42H55F2N7O7S2. The molecule has 3 aromatic rings. The molecule has 0 bridgehead atoms. The SMILES string of the molecule is COC(=O)N[C@H]1CCC[C@@H]1C(c1cccc(F)c1)(C1CCN(CC2CN(c3ccc(S(=O)(=O)N4CCC[C@@H](C(=O)NC/C=C/S(C)(=O)=O)C4)cc3F)C2)CC1)n1ccnc1. The Morgan fingerprint density at radius 2 is 1.75 bits per heavy atom. The molecule has 326 valence electrons. The second kappa shape index (κ2) is 18.3. The molecule has 4 heterocycles. The van der Waals surface area contributed by atoms with E-state index in [2.05, 4.69) is 25.1 Å². The summed E-state index contributed by atoms with van der Waals surface area (Å²) in [6.07, 6.45) is 12.6. The number of rotatable bonds is 14. The van der Waals surface area contributed by atoms with Gasteiger partial charge in [0.05, 0.1) is 35.5 Å². The molecule has 14 nitrogen and oxygen atoms in total. The quantitative estimate of drug-likeness (QED) is 0.238. The normalized spacial score (nSPS) is 23.6. The molecular weight excluding hydrogens is 817 g/mol. The number of sulfonamides is 1. The summed E-state index contributed by atoms with van der Waals surface area (Å²) in [6.45, 7) is 3.85. The largest absolute Gasteiger partial charge is 0.453 e. The lowest BCUT2D eigenvalue weighted by molar-refractivity contribution is -0.125. The molecule has 4 atom stereocenters. The Morgan fingerprint density at radius 1 is 0.967 bits per heavy atom. The van der Waals surface area contributed by atoms with Crippen LogP contribution in [0, 0.1) is 35.3 Å². The highest BCUT2D eigenvalue weighted by Crippen LogP contribution is 2.51. The predicted octanol–water partition coefficient (Wildman–Crippen LogP) is 4.35. The van der Waals surface area contributed by atoms with Crippen molar-refractivity contribution in [1.82, 2.24) is 29.4 Å². The first-order chi connectivity index (χ1) is 28.7. The molecule has 3 saturated heterocycles. The van der Waals surface area contributed by atoms with Gasteiger partial charge in [0, 0.05) is 81.2 Å². The van der Waals surface area contributed by atoms with Crippen LogP contribution in [-0.4, -0.2) is 119 Å². The molecule has 60 heavy (non-hydrogen) atoms. The van der Waals surface area contributed by atoms with Gasteiger partial charge >= 0.3 is 6.09 Å². The van der Waals surface area contributed by atoms with E-state index in [1.807, 2.05) is 23.5 Å². The highest BCUT2D eigenvalue weighted by molar-refractivity contribution is 7.93. The number of hydrogen-bond donors (Lipinski definition) is 2. The fourth-order valence-electron chi connectivity index (χ4n) is 10.1. The summed E-state index contributed by atoms with van der Waals surface area (Å²) >= 11 is 0. The van der Waals surface area contributed by atoms with Crippen LogP contribution in [0.1, 0.15) is 50.5 Å². The third-order valence-corrected chi connectivity index (χ3v) is 15.4. The van der Waals surface area contributed by atoms with E-state index in [0.29, 0.717) is 31.6 Å². The second-order valence-corrected chi connectivity index (χ2v) is 20.6. The second-order valence-electron chi connectivity index (χ2n) is 16.7. The number of piperidine rings is 2. The molecule has 1 aliphatic carbocycles. The number of nitrogens with one attached hydrogen (secondary N) is 2. The average Bonchev–Trinajstić information content (AvgIpc) is 3.92. The molecule has 2 aromatic carbocycles. The number of amides is 2. The zero-order valence-electron chi connectivity index (χ0n) is 34.1. The topological polar surface area (TPSA) is 163 Å². The van der Waals surface area contributed by atoms with Crippen LogP contribution in [0.4, 0.5) is 19.3 Å². The van der Waals surface area contributed by atoms with Crippen LogP contribution < -0.4 is 15.5 Å². The van der Waals surface area contributed by atoms with Crippen molar-refractivity contribution in [2.75, 3.05) is 70.6 Å². The summed E-state index contributed by atoms with van der Waals surface area (Å²) in [5.74, 6) is -1.56. The minimum Gasteiger partial charge on any atom is -0.453 e. The lowest BCUT2D eigenvalue weighted by Gasteiger charge is -2.52. The fraction of sp³-hybridized carbons (Fsp3) is 0.548. The number of benzene rings is 2. The average molecular weight is 872 g/mol. The first-order valence-electron chi connectivity index (χ1n) is 20.7. The van der Waals surface area contributed by atoms with E-state index in [1.165, 1.54) is 35.7 Å². The molecule has 18 heteroatoms. The van der Waals surface area contributed by atoms with Crippen molar-refractivity contribution in [3.8, 4) is 0 Å². The molecule has 1 saturated carbocycles. The first kappa shape index (κ1) is 43.7. The van der Waals surface area contributed by atoms with Gasteiger partial charge < -0.3 is 29.7 Å². The number of halogens is 2. The summed E-state index contributed by atoms with van der Waals surface area (Å²) < 4.78 is 88.8. The van der Waals surface area contributed by atoms with Crippen LogP contribution in [0.3, 0.4) is 0 Å². The molecule has 7 rings (SSSR count). The van der Waals surface area contributed by atoms with Crippen molar-refractivity contribution in [2.24, 2.45) is 23.7 Å². The number of aromatic nitrogens is 2. The number of nitrogens with zero attached hydrogens (tertiary/aromatic N) is 5. The van der Waals surface area contributed by atoms with Crippen LogP contribution in [0.15, 0.2) is 77.6 Å². The van der Waals surface area contributed by atoms with Crippen molar-refractivity contribution >= 4 is 37.5 Å². The van der Waals surface area contributed by atoms with Crippen LogP contribution in [-0.2, 0) is 34.9 Å². The fourth-order valence-corrected chi connectivity index (χ4v) is 12.1. The summed E-state index contributed by atoms with van der Waals surface area (Å²) in [5, 5.41) is 6.73. The van der Waals surface area contributed by atoms with Crippen LogP contribution in [0.2, 0.25) is 0 Å². The monoisotopic (exact) mass is 871 g/mol. The van der Waals surface area contributed by atoms with Gasteiger partial charge in [0.1, 0.15) is 11.6 Å². The minimum atomic E-state index is -4.07. The van der Waals surface area contributed by atoms with Gasteiger partial charge in [0.15, 0.2) is 9.84 Å². The Labute approximate surface area is 351 Å². The van der Waals surface area contributed by atoms with Crippen molar-refractivity contribution in [1.29, 1.82) is 0 Å². The van der Waals surface area contributed by atoms with Crippen molar-refractivity contribution in [3.63, 3.8) is 0 Å². The maximum Gasteiger partial charge on any atom is 0.407 e. The van der Waals surface area contributed by atoms with Crippen LogP contribution in [0.25, 0.3) is 0 Å². The number of methoxy groups -OCH3 is 1. The van der Waals surface area contributed by atoms with Gasteiger partial charge in [-0.2, -0.15) is 4.31 Å². The lowest BCUT2D eigenvalue weighted by Crippen LogP contribution is -2.57. The Morgan fingerprint density at radius 3 is 2.43 bits per heavy atom. The van der Waals surface area contributed by atoms with E-state index in [-0.39, 0.29) is 60.0 Å². The minimum absolute atomic E-state index is 0.00296. The molecule has 1 aromatic heterocycles. The molecule has 2 amide bonds. The van der Waals surface area contributed by atoms with Crippen LogP contribution >= 0.6 is 0 Å². The number of imidazole rings is 1. The number of likely N-dealkylation sites (tertiary alicyclic amines) is 1. The molecule has 3 aliphatic heterocycles. The molecule has 0 radical (unpaired) electrons. The standard InChI is InChI=1S/C42H55F2N7O7S2/c1-58-41(53)47-38-11-4-10-36(38)42(50-21-17-45-29-50,33-8-3-9-34(43)23-33)32-14-19-48(20-15-32)25-30-26-49(27-30)39-13-12-35(24-37(39)44)60(56,57)51-18-5-7-31(28-51)40(52)46-16-6-22-59(2,54)55/h3,6,8-9,12-13,17,21-24,29-32,36,38H,4-5,7,10-11,14-16,18-20,25-28H2,1-2H3,(H,46,52)(H,47,53)/b22-6+/t31-,36+,38+,42?/m1/s1. The van der Waals surface area contributed by atoms with Crippen molar-refractivity contribution in [2.45, 2.75) is 61.4 Å². The maximum atomic E-state index is 15.6. The zero-order chi connectivity index (χ0) is 42.7. The number of carbonyl (C=O) groups is 2. The highest BCUT2D eigenvalue weighted by Gasteiger charge is 2.53. The highest BCUT2D eigenvalue weighted by atomic mass is 32.2. The van der Waals surface area contributed by atoms with E-state index < -0.39 is 43.2 Å². The van der Waals surface area contributed by atoms with Gasteiger partial charge in [-0.15, -0.1) is 0 Å². The number of hydrogen-bond acceptors (Lipinski definition) is 10. The Balaban J connectivity index is 0.969. The zero-order valence-corrected chi connectivity index (χ0v) is 35.7. The lowest BCUT2D eigenvalue weighted by atomic mass is 9.64. The number of alkyl carbamates (subject to hydrolysis) is 1. The Bertz CT molecular complexity index is 2250. The van der Waals surface area contributed by atoms with E-state index in [9.17, 15) is 26.4 Å². The van der Waals surface area contributed by atoms with E-state index in [0.717, 1.165) is 75.0 Å². The number of sulfone groups is 1. The third kappa shape index (κ3) is 9.40. The maximum absolute atomic E-state index is 15.6. The molecule has 2 N–H and O–H groups in total. The molecule has 4 aliphatic rings. The number of ether oxygens (including phenoxy) is 1. The van der Waals surface area contributed by atoms with Crippen molar-refractivity contribution < 1.29 is 39.9 Å². The summed E-state index contributed by atoms with van der Waals surface area (Å²) in [5.41, 5.74) is 0.538. The van der Waals surface area contributed by atoms with E-state index in [4.69, 9.17) is 4.74 Å². The number of carbonyl (C=O) groups excluding carboxylic acids is 2. The van der Waals surface area contributed by atoms with Gasteiger partial charge in [-0.25, -0.2) is 35.4 Å². The number of anilines is 1.